The van der Waals surface area contributed by atoms with Gasteiger partial charge < -0.3 is 10.1 Å². The minimum atomic E-state index is -0.456. The van der Waals surface area contributed by atoms with Gasteiger partial charge in [0.1, 0.15) is 11.6 Å². The van der Waals surface area contributed by atoms with Crippen molar-refractivity contribution in [3.05, 3.63) is 57.4 Å². The molecule has 0 aliphatic rings. The molecular weight excluding hydrogens is 384 g/mol. The number of ether oxygens (including phenoxy) is 1. The number of anilines is 1. The van der Waals surface area contributed by atoms with Crippen LogP contribution in [0.5, 0.6) is 5.75 Å². The van der Waals surface area contributed by atoms with Gasteiger partial charge in [-0.25, -0.2) is 4.39 Å². The predicted molar refractivity (Wildman–Crippen MR) is 89.1 cm³/mol. The van der Waals surface area contributed by atoms with Crippen molar-refractivity contribution in [2.45, 2.75) is 13.3 Å². The SMILES string of the molecule is CCc1ccc(OCC(=O)Nc2ccc(I)cc2F)cc1. The number of nitrogens with one attached hydrogen (secondary N) is 1. The molecule has 2 aromatic carbocycles. The van der Waals surface area contributed by atoms with Crippen LogP contribution in [-0.2, 0) is 11.2 Å². The molecule has 0 saturated heterocycles. The Balaban J connectivity index is 1.89. The molecule has 3 nitrogen and oxygen atoms in total. The Hall–Kier alpha value is -1.63. The lowest BCUT2D eigenvalue weighted by molar-refractivity contribution is -0.118. The second-order valence-electron chi connectivity index (χ2n) is 4.46. The lowest BCUT2D eigenvalue weighted by Gasteiger charge is -2.09. The molecule has 0 unspecified atom stereocenters. The molecule has 5 heteroatoms. The summed E-state index contributed by atoms with van der Waals surface area (Å²) in [5.41, 5.74) is 1.36. The van der Waals surface area contributed by atoms with Crippen LogP contribution < -0.4 is 10.1 Å². The molecule has 0 saturated carbocycles. The summed E-state index contributed by atoms with van der Waals surface area (Å²) in [5, 5.41) is 2.49. The van der Waals surface area contributed by atoms with Crippen molar-refractivity contribution in [3.8, 4) is 5.75 Å². The number of benzene rings is 2. The van der Waals surface area contributed by atoms with E-state index in [1.54, 1.807) is 6.07 Å². The van der Waals surface area contributed by atoms with Gasteiger partial charge in [0.2, 0.25) is 0 Å². The molecule has 0 atom stereocenters. The van der Waals surface area contributed by atoms with Crippen molar-refractivity contribution in [2.24, 2.45) is 0 Å². The van der Waals surface area contributed by atoms with E-state index in [0.717, 1.165) is 9.99 Å². The summed E-state index contributed by atoms with van der Waals surface area (Å²) in [5.74, 6) is -0.234. The maximum atomic E-state index is 13.6. The standard InChI is InChI=1S/C16H15FINO2/c1-2-11-3-6-13(7-4-11)21-10-16(20)19-15-8-5-12(18)9-14(15)17/h3-9H,2,10H2,1H3,(H,19,20). The number of carbonyl (C=O) groups excluding carboxylic acids is 1. The first-order chi connectivity index (χ1) is 10.1. The Morgan fingerprint density at radius 1 is 1.24 bits per heavy atom. The Morgan fingerprint density at radius 3 is 2.57 bits per heavy atom. The van der Waals surface area contributed by atoms with Gasteiger partial charge in [-0.3, -0.25) is 4.79 Å². The molecule has 0 spiro atoms. The van der Waals surface area contributed by atoms with Crippen molar-refractivity contribution >= 4 is 34.2 Å². The molecule has 0 bridgehead atoms. The minimum Gasteiger partial charge on any atom is -0.484 e. The van der Waals surface area contributed by atoms with E-state index >= 15 is 0 Å². The Kier molecular flexibility index (Phi) is 5.55. The summed E-state index contributed by atoms with van der Waals surface area (Å²) in [6, 6.07) is 12.2. The molecule has 0 radical (unpaired) electrons. The maximum absolute atomic E-state index is 13.6. The second-order valence-corrected chi connectivity index (χ2v) is 5.70. The van der Waals surface area contributed by atoms with E-state index in [-0.39, 0.29) is 12.3 Å². The fraction of sp³-hybridized carbons (Fsp3) is 0.188. The number of amides is 1. The Labute approximate surface area is 136 Å². The summed E-state index contributed by atoms with van der Waals surface area (Å²) in [6.45, 7) is 1.91. The first kappa shape index (κ1) is 15.8. The topological polar surface area (TPSA) is 38.3 Å². The van der Waals surface area contributed by atoms with Crippen molar-refractivity contribution in [3.63, 3.8) is 0 Å². The third-order valence-corrected chi connectivity index (χ3v) is 3.58. The van der Waals surface area contributed by atoms with E-state index in [9.17, 15) is 9.18 Å². The molecule has 0 heterocycles. The fourth-order valence-electron chi connectivity index (χ4n) is 1.75. The highest BCUT2D eigenvalue weighted by atomic mass is 127. The van der Waals surface area contributed by atoms with Gasteiger partial charge in [-0.15, -0.1) is 0 Å². The number of hydrogen-bond acceptors (Lipinski definition) is 2. The number of rotatable bonds is 5. The molecule has 0 aromatic heterocycles. The van der Waals surface area contributed by atoms with Crippen LogP contribution in [0.4, 0.5) is 10.1 Å². The number of hydrogen-bond donors (Lipinski definition) is 1. The van der Waals surface area contributed by atoms with Gasteiger partial charge in [0.15, 0.2) is 6.61 Å². The summed E-state index contributed by atoms with van der Waals surface area (Å²) < 4.78 is 19.7. The molecule has 0 fully saturated rings. The van der Waals surface area contributed by atoms with E-state index in [0.29, 0.717) is 5.75 Å². The van der Waals surface area contributed by atoms with Crippen LogP contribution in [0.3, 0.4) is 0 Å². The van der Waals surface area contributed by atoms with E-state index < -0.39 is 11.7 Å². The van der Waals surface area contributed by atoms with Gasteiger partial charge in [0, 0.05) is 3.57 Å². The highest BCUT2D eigenvalue weighted by Gasteiger charge is 2.08. The molecule has 2 aromatic rings. The maximum Gasteiger partial charge on any atom is 0.262 e. The molecule has 0 aliphatic heterocycles. The fourth-order valence-corrected chi connectivity index (χ4v) is 2.20. The van der Waals surface area contributed by atoms with E-state index in [2.05, 4.69) is 12.2 Å². The van der Waals surface area contributed by atoms with E-state index in [4.69, 9.17) is 4.74 Å². The lowest BCUT2D eigenvalue weighted by Crippen LogP contribution is -2.20. The average Bonchev–Trinajstić information content (AvgIpc) is 2.48. The number of halogens is 2. The molecule has 2 rings (SSSR count). The van der Waals surface area contributed by atoms with Crippen LogP contribution in [0.1, 0.15) is 12.5 Å². The zero-order valence-corrected chi connectivity index (χ0v) is 13.7. The predicted octanol–water partition coefficient (Wildman–Crippen LogP) is 4.01. The minimum absolute atomic E-state index is 0.156. The van der Waals surface area contributed by atoms with Crippen molar-refractivity contribution in [1.29, 1.82) is 0 Å². The lowest BCUT2D eigenvalue weighted by atomic mass is 10.2. The summed E-state index contributed by atoms with van der Waals surface area (Å²) in [6.07, 6.45) is 0.951. The average molecular weight is 399 g/mol. The van der Waals surface area contributed by atoms with Gasteiger partial charge in [-0.2, -0.15) is 0 Å². The van der Waals surface area contributed by atoms with Crippen LogP contribution >= 0.6 is 22.6 Å². The normalized spacial score (nSPS) is 10.2. The Bertz CT molecular complexity index is 629. The molecule has 110 valence electrons. The zero-order valence-electron chi connectivity index (χ0n) is 11.5. The van der Waals surface area contributed by atoms with Crippen LogP contribution in [0.2, 0.25) is 0 Å². The number of aryl methyl sites for hydroxylation is 1. The second kappa shape index (κ2) is 7.40. The van der Waals surface area contributed by atoms with Crippen molar-refractivity contribution in [2.75, 3.05) is 11.9 Å². The molecule has 1 amide bonds. The summed E-state index contributed by atoms with van der Waals surface area (Å²) in [7, 11) is 0. The third-order valence-electron chi connectivity index (χ3n) is 2.91. The van der Waals surface area contributed by atoms with Crippen LogP contribution in [0.25, 0.3) is 0 Å². The molecular formula is C16H15FINO2. The van der Waals surface area contributed by atoms with Crippen LogP contribution in [0, 0.1) is 9.39 Å². The van der Waals surface area contributed by atoms with E-state index in [1.807, 2.05) is 46.9 Å². The number of carbonyl (C=O) groups is 1. The zero-order chi connectivity index (χ0) is 15.2. The van der Waals surface area contributed by atoms with Crippen molar-refractivity contribution < 1.29 is 13.9 Å². The first-order valence-corrected chi connectivity index (χ1v) is 7.63. The van der Waals surface area contributed by atoms with Gasteiger partial charge in [-0.05, 0) is 64.9 Å². The van der Waals surface area contributed by atoms with Gasteiger partial charge in [0.25, 0.3) is 5.91 Å². The molecule has 0 aliphatic carbocycles. The monoisotopic (exact) mass is 399 g/mol. The Morgan fingerprint density at radius 2 is 1.95 bits per heavy atom. The first-order valence-electron chi connectivity index (χ1n) is 6.55. The van der Waals surface area contributed by atoms with Gasteiger partial charge >= 0.3 is 0 Å². The van der Waals surface area contributed by atoms with Crippen molar-refractivity contribution in [1.82, 2.24) is 0 Å². The summed E-state index contributed by atoms with van der Waals surface area (Å²) >= 11 is 2.01. The largest absolute Gasteiger partial charge is 0.484 e. The van der Waals surface area contributed by atoms with Gasteiger partial charge in [-0.1, -0.05) is 19.1 Å². The molecule has 1 N–H and O–H groups in total. The van der Waals surface area contributed by atoms with Crippen LogP contribution in [0.15, 0.2) is 42.5 Å². The molecule has 21 heavy (non-hydrogen) atoms. The highest BCUT2D eigenvalue weighted by Crippen LogP contribution is 2.17. The third kappa shape index (κ3) is 4.70. The smallest absolute Gasteiger partial charge is 0.262 e. The summed E-state index contributed by atoms with van der Waals surface area (Å²) in [4.78, 5) is 11.7. The quantitative estimate of drug-likeness (QED) is 0.772. The van der Waals surface area contributed by atoms with Crippen LogP contribution in [-0.4, -0.2) is 12.5 Å². The van der Waals surface area contributed by atoms with E-state index in [1.165, 1.54) is 17.7 Å². The van der Waals surface area contributed by atoms with Gasteiger partial charge in [0.05, 0.1) is 5.69 Å². The highest BCUT2D eigenvalue weighted by molar-refractivity contribution is 14.1.